The van der Waals surface area contributed by atoms with Crippen molar-refractivity contribution < 1.29 is 4.79 Å². The first kappa shape index (κ1) is 15.7. The lowest BCUT2D eigenvalue weighted by Gasteiger charge is -2.19. The van der Waals surface area contributed by atoms with Crippen molar-refractivity contribution in [3.05, 3.63) is 60.6 Å². The average molecular weight is 321 g/mol. The molecule has 0 fully saturated rings. The van der Waals surface area contributed by atoms with Gasteiger partial charge in [-0.25, -0.2) is 0 Å². The van der Waals surface area contributed by atoms with Crippen molar-refractivity contribution in [2.45, 2.75) is 6.92 Å². The molecule has 0 unspecified atom stereocenters. The van der Waals surface area contributed by atoms with Crippen LogP contribution in [0.1, 0.15) is 5.56 Å². The molecule has 6 nitrogen and oxygen atoms in total. The van der Waals surface area contributed by atoms with Crippen LogP contribution in [0.25, 0.3) is 11.3 Å². The Hall–Kier alpha value is -3.15. The zero-order chi connectivity index (χ0) is 16.9. The molecule has 0 aliphatic heterocycles. The second-order valence-electron chi connectivity index (χ2n) is 5.62. The Labute approximate surface area is 140 Å². The summed E-state index contributed by atoms with van der Waals surface area (Å²) in [5.74, 6) is -0.0828. The number of nitrogens with one attached hydrogen (secondary N) is 2. The number of H-pyrrole nitrogens is 1. The van der Waals surface area contributed by atoms with Gasteiger partial charge in [0.1, 0.15) is 0 Å². The number of rotatable bonds is 5. The maximum Gasteiger partial charge on any atom is 0.243 e. The van der Waals surface area contributed by atoms with Crippen molar-refractivity contribution in [3.63, 3.8) is 0 Å². The largest absolute Gasteiger partial charge is 0.365 e. The fraction of sp³-hybridized carbons (Fsp3) is 0.167. The second-order valence-corrected chi connectivity index (χ2v) is 5.62. The Balaban J connectivity index is 1.68. The minimum Gasteiger partial charge on any atom is -0.365 e. The average Bonchev–Trinajstić information content (AvgIpc) is 3.11. The second kappa shape index (κ2) is 6.95. The molecule has 0 aliphatic carbocycles. The highest BCUT2D eigenvalue weighted by Gasteiger charge is 2.10. The molecule has 1 aromatic carbocycles. The summed E-state index contributed by atoms with van der Waals surface area (Å²) >= 11 is 0. The molecule has 0 saturated carbocycles. The van der Waals surface area contributed by atoms with Crippen molar-refractivity contribution in [1.29, 1.82) is 0 Å². The van der Waals surface area contributed by atoms with Crippen LogP contribution < -0.4 is 10.2 Å². The van der Waals surface area contributed by atoms with E-state index >= 15 is 0 Å². The van der Waals surface area contributed by atoms with Crippen LogP contribution in [0.2, 0.25) is 0 Å². The Kier molecular flexibility index (Phi) is 4.56. The molecule has 24 heavy (non-hydrogen) atoms. The van der Waals surface area contributed by atoms with Gasteiger partial charge in [-0.3, -0.25) is 14.9 Å². The molecule has 0 aliphatic rings. The number of aromatic nitrogens is 3. The maximum absolute atomic E-state index is 12.3. The lowest BCUT2D eigenvalue weighted by molar-refractivity contribution is -0.114. The minimum atomic E-state index is -0.0828. The topological polar surface area (TPSA) is 73.9 Å². The third kappa shape index (κ3) is 3.60. The van der Waals surface area contributed by atoms with E-state index in [1.54, 1.807) is 18.6 Å². The van der Waals surface area contributed by atoms with Crippen molar-refractivity contribution in [3.8, 4) is 11.3 Å². The molecule has 0 saturated heterocycles. The smallest absolute Gasteiger partial charge is 0.243 e. The van der Waals surface area contributed by atoms with Crippen LogP contribution in [0.5, 0.6) is 0 Å². The van der Waals surface area contributed by atoms with Gasteiger partial charge in [0, 0.05) is 30.7 Å². The van der Waals surface area contributed by atoms with E-state index in [1.807, 2.05) is 55.3 Å². The van der Waals surface area contributed by atoms with Crippen LogP contribution in [-0.2, 0) is 4.79 Å². The van der Waals surface area contributed by atoms with E-state index in [4.69, 9.17) is 0 Å². The summed E-state index contributed by atoms with van der Waals surface area (Å²) in [6.07, 6.45) is 5.08. The number of likely N-dealkylation sites (N-methyl/N-ethyl adjacent to an activating group) is 1. The monoisotopic (exact) mass is 321 g/mol. The van der Waals surface area contributed by atoms with Gasteiger partial charge < -0.3 is 10.2 Å². The number of aryl methyl sites for hydroxylation is 1. The van der Waals surface area contributed by atoms with Gasteiger partial charge >= 0.3 is 0 Å². The first-order chi connectivity index (χ1) is 11.6. The van der Waals surface area contributed by atoms with Gasteiger partial charge in [0.05, 0.1) is 24.1 Å². The van der Waals surface area contributed by atoms with E-state index in [0.29, 0.717) is 0 Å². The van der Waals surface area contributed by atoms with Crippen LogP contribution in [0.3, 0.4) is 0 Å². The summed E-state index contributed by atoms with van der Waals surface area (Å²) in [6, 6.07) is 11.7. The van der Waals surface area contributed by atoms with Gasteiger partial charge in [-0.05, 0) is 36.8 Å². The standard InChI is InChI=1S/C18H19N5O/c1-13-6-8-19-11-17(13)21-18(24)12-23(2)15-5-3-4-14(10-15)16-7-9-20-22-16/h3-11H,12H2,1-2H3,(H,20,22)(H,21,24). The Morgan fingerprint density at radius 2 is 2.12 bits per heavy atom. The van der Waals surface area contributed by atoms with E-state index in [9.17, 15) is 4.79 Å². The Morgan fingerprint density at radius 3 is 2.88 bits per heavy atom. The number of aromatic amines is 1. The molecule has 2 aromatic heterocycles. The number of carbonyl (C=O) groups is 1. The fourth-order valence-corrected chi connectivity index (χ4v) is 2.42. The molecule has 1 amide bonds. The molecule has 3 rings (SSSR count). The number of nitrogens with zero attached hydrogens (tertiary/aromatic N) is 3. The van der Waals surface area contributed by atoms with Crippen LogP contribution in [0.15, 0.2) is 55.0 Å². The molecule has 122 valence electrons. The van der Waals surface area contributed by atoms with E-state index in [-0.39, 0.29) is 12.5 Å². The third-order valence-electron chi connectivity index (χ3n) is 3.79. The van der Waals surface area contributed by atoms with Crippen LogP contribution in [0, 0.1) is 6.92 Å². The molecule has 3 aromatic rings. The first-order valence-electron chi connectivity index (χ1n) is 7.65. The summed E-state index contributed by atoms with van der Waals surface area (Å²) in [5.41, 5.74) is 4.66. The van der Waals surface area contributed by atoms with Gasteiger partial charge in [0.25, 0.3) is 0 Å². The minimum absolute atomic E-state index is 0.0828. The van der Waals surface area contributed by atoms with E-state index in [1.165, 1.54) is 0 Å². The summed E-state index contributed by atoms with van der Waals surface area (Å²) in [4.78, 5) is 18.2. The number of hydrogen-bond donors (Lipinski definition) is 2. The number of carbonyl (C=O) groups excluding carboxylic acids is 1. The van der Waals surface area contributed by atoms with Crippen LogP contribution in [-0.4, -0.2) is 34.7 Å². The number of amides is 1. The number of benzene rings is 1. The number of anilines is 2. The molecule has 2 N–H and O–H groups in total. The first-order valence-corrected chi connectivity index (χ1v) is 7.65. The number of pyridine rings is 1. The van der Waals surface area contributed by atoms with E-state index < -0.39 is 0 Å². The lowest BCUT2D eigenvalue weighted by Crippen LogP contribution is -2.30. The molecule has 0 radical (unpaired) electrons. The molecule has 0 atom stereocenters. The van der Waals surface area contributed by atoms with Crippen molar-refractivity contribution in [1.82, 2.24) is 15.2 Å². The maximum atomic E-state index is 12.3. The van der Waals surface area contributed by atoms with Crippen LogP contribution >= 0.6 is 0 Å². The highest BCUT2D eigenvalue weighted by Crippen LogP contribution is 2.22. The fourth-order valence-electron chi connectivity index (χ4n) is 2.42. The van der Waals surface area contributed by atoms with Gasteiger partial charge in [-0.2, -0.15) is 5.10 Å². The predicted octanol–water partition coefficient (Wildman–Crippen LogP) is 2.86. The molecule has 0 spiro atoms. The number of hydrogen-bond acceptors (Lipinski definition) is 4. The van der Waals surface area contributed by atoms with Gasteiger partial charge in [-0.1, -0.05) is 12.1 Å². The predicted molar refractivity (Wildman–Crippen MR) is 94.9 cm³/mol. The normalized spacial score (nSPS) is 10.4. The van der Waals surface area contributed by atoms with Crippen molar-refractivity contribution >= 4 is 17.3 Å². The summed E-state index contributed by atoms with van der Waals surface area (Å²) in [5, 5.41) is 9.81. The zero-order valence-electron chi connectivity index (χ0n) is 13.7. The highest BCUT2D eigenvalue weighted by atomic mass is 16.2. The lowest BCUT2D eigenvalue weighted by atomic mass is 10.1. The zero-order valence-corrected chi connectivity index (χ0v) is 13.7. The Morgan fingerprint density at radius 1 is 1.25 bits per heavy atom. The molecule has 6 heteroatoms. The Bertz CT molecular complexity index is 829. The van der Waals surface area contributed by atoms with Gasteiger partial charge in [0.15, 0.2) is 0 Å². The van der Waals surface area contributed by atoms with Gasteiger partial charge in [0.2, 0.25) is 5.91 Å². The molecule has 0 bridgehead atoms. The van der Waals surface area contributed by atoms with Gasteiger partial charge in [-0.15, -0.1) is 0 Å². The highest BCUT2D eigenvalue weighted by molar-refractivity contribution is 5.94. The summed E-state index contributed by atoms with van der Waals surface area (Å²) < 4.78 is 0. The van der Waals surface area contributed by atoms with E-state index in [2.05, 4.69) is 20.5 Å². The third-order valence-corrected chi connectivity index (χ3v) is 3.79. The molecular weight excluding hydrogens is 302 g/mol. The van der Waals surface area contributed by atoms with Crippen molar-refractivity contribution in [2.75, 3.05) is 23.8 Å². The van der Waals surface area contributed by atoms with Crippen LogP contribution in [0.4, 0.5) is 11.4 Å². The SMILES string of the molecule is Cc1ccncc1NC(=O)CN(C)c1cccc(-c2ccn[nH]2)c1. The van der Waals surface area contributed by atoms with Crippen molar-refractivity contribution in [2.24, 2.45) is 0 Å². The molecule has 2 heterocycles. The summed E-state index contributed by atoms with van der Waals surface area (Å²) in [6.45, 7) is 2.19. The van der Waals surface area contributed by atoms with E-state index in [0.717, 1.165) is 28.2 Å². The molecular formula is C18H19N5O. The summed E-state index contributed by atoms with van der Waals surface area (Å²) in [7, 11) is 1.89. The quantitative estimate of drug-likeness (QED) is 0.758.